The second-order valence-corrected chi connectivity index (χ2v) is 5.84. The maximum Gasteiger partial charge on any atom is 0.573 e. The second-order valence-electron chi connectivity index (χ2n) is 5.84. The molecule has 3 rings (SSSR count). The van der Waals surface area contributed by atoms with Crippen molar-refractivity contribution in [3.8, 4) is 17.0 Å². The zero-order valence-electron chi connectivity index (χ0n) is 14.4. The van der Waals surface area contributed by atoms with Crippen molar-refractivity contribution in [2.75, 3.05) is 11.1 Å². The Balaban J connectivity index is 1.73. The van der Waals surface area contributed by atoms with E-state index >= 15 is 0 Å². The van der Waals surface area contributed by atoms with E-state index in [-0.39, 0.29) is 28.2 Å². The summed E-state index contributed by atoms with van der Waals surface area (Å²) < 4.78 is 67.1. The number of ether oxygens (including phenoxy) is 1. The van der Waals surface area contributed by atoms with Gasteiger partial charge in [-0.1, -0.05) is 0 Å². The number of carbonyl (C=O) groups is 1. The van der Waals surface area contributed by atoms with Crippen LogP contribution in [0.3, 0.4) is 0 Å². The van der Waals surface area contributed by atoms with E-state index in [0.717, 1.165) is 36.4 Å². The average molecular weight is 409 g/mol. The molecule has 0 unspecified atom stereocenters. The van der Waals surface area contributed by atoms with Crippen molar-refractivity contribution in [2.45, 2.75) is 6.36 Å². The van der Waals surface area contributed by atoms with E-state index in [9.17, 15) is 26.7 Å². The predicted octanol–water partition coefficient (Wildman–Crippen LogP) is 4.76. The van der Waals surface area contributed by atoms with Crippen molar-refractivity contribution in [2.24, 2.45) is 0 Å². The van der Waals surface area contributed by atoms with Gasteiger partial charge in [0.1, 0.15) is 11.6 Å². The third kappa shape index (κ3) is 5.18. The summed E-state index contributed by atoms with van der Waals surface area (Å²) in [5, 5.41) is 2.49. The van der Waals surface area contributed by atoms with Gasteiger partial charge in [0, 0.05) is 17.2 Å². The number of amides is 1. The molecule has 0 saturated carbocycles. The van der Waals surface area contributed by atoms with Gasteiger partial charge in [0.25, 0.3) is 5.91 Å². The third-order valence-corrected chi connectivity index (χ3v) is 3.68. The fraction of sp³-hybridized carbons (Fsp3) is 0.0526. The molecule has 10 heteroatoms. The summed E-state index contributed by atoms with van der Waals surface area (Å²) in [4.78, 5) is 16.3. The van der Waals surface area contributed by atoms with Gasteiger partial charge in [-0.15, -0.1) is 13.2 Å². The minimum Gasteiger partial charge on any atom is -0.404 e. The molecule has 5 nitrogen and oxygen atoms in total. The number of nitrogens with zero attached hydrogens (tertiary/aromatic N) is 1. The minimum atomic E-state index is -4.91. The summed E-state index contributed by atoms with van der Waals surface area (Å²) in [6, 6.07) is 8.92. The topological polar surface area (TPSA) is 77.2 Å². The molecule has 3 aromatic rings. The van der Waals surface area contributed by atoms with E-state index < -0.39 is 29.7 Å². The van der Waals surface area contributed by atoms with Crippen LogP contribution >= 0.6 is 0 Å². The van der Waals surface area contributed by atoms with Gasteiger partial charge in [0.15, 0.2) is 5.75 Å². The highest BCUT2D eigenvalue weighted by Gasteiger charge is 2.32. The molecule has 0 bridgehead atoms. The Kier molecular flexibility index (Phi) is 5.35. The van der Waals surface area contributed by atoms with Crippen LogP contribution in [0.5, 0.6) is 5.75 Å². The number of aromatic nitrogens is 1. The van der Waals surface area contributed by atoms with Crippen LogP contribution in [-0.4, -0.2) is 17.3 Å². The SMILES string of the molecule is Nc1cc(C(=O)Nc2ccc(-c3cc(F)cc(F)c3)nc2)ccc1OC(F)(F)F. The highest BCUT2D eigenvalue weighted by molar-refractivity contribution is 6.05. The first-order valence-electron chi connectivity index (χ1n) is 8.00. The largest absolute Gasteiger partial charge is 0.573 e. The van der Waals surface area contributed by atoms with E-state index in [1.807, 2.05) is 0 Å². The molecule has 0 aliphatic heterocycles. The first-order valence-corrected chi connectivity index (χ1v) is 8.00. The fourth-order valence-corrected chi connectivity index (χ4v) is 2.45. The first-order chi connectivity index (χ1) is 13.6. The van der Waals surface area contributed by atoms with Gasteiger partial charge in [0.2, 0.25) is 0 Å². The molecule has 1 aromatic heterocycles. The van der Waals surface area contributed by atoms with Crippen LogP contribution in [0.25, 0.3) is 11.3 Å². The van der Waals surface area contributed by atoms with Crippen LogP contribution in [0.2, 0.25) is 0 Å². The number of nitrogens with one attached hydrogen (secondary N) is 1. The number of rotatable bonds is 4. The summed E-state index contributed by atoms with van der Waals surface area (Å²) in [5.74, 6) is -2.78. The predicted molar refractivity (Wildman–Crippen MR) is 95.1 cm³/mol. The van der Waals surface area contributed by atoms with Gasteiger partial charge in [-0.25, -0.2) is 8.78 Å². The number of nitrogens with two attached hydrogens (primary N) is 1. The molecule has 150 valence electrons. The molecule has 1 amide bonds. The molecular weight excluding hydrogens is 397 g/mol. The Morgan fingerprint density at radius 1 is 1.00 bits per heavy atom. The molecule has 0 atom stereocenters. The summed E-state index contributed by atoms with van der Waals surface area (Å²) in [5.41, 5.74) is 5.87. The molecule has 29 heavy (non-hydrogen) atoms. The molecule has 0 radical (unpaired) electrons. The van der Waals surface area contributed by atoms with E-state index in [0.29, 0.717) is 0 Å². The number of nitrogen functional groups attached to an aromatic ring is 1. The second kappa shape index (κ2) is 7.74. The zero-order chi connectivity index (χ0) is 21.2. The highest BCUT2D eigenvalue weighted by Crippen LogP contribution is 2.29. The van der Waals surface area contributed by atoms with Gasteiger partial charge in [-0.3, -0.25) is 9.78 Å². The van der Waals surface area contributed by atoms with Crippen LogP contribution in [0.1, 0.15) is 10.4 Å². The number of benzene rings is 2. The van der Waals surface area contributed by atoms with Gasteiger partial charge in [0.05, 0.1) is 23.3 Å². The van der Waals surface area contributed by atoms with Gasteiger partial charge in [-0.05, 0) is 42.5 Å². The van der Waals surface area contributed by atoms with Crippen molar-refractivity contribution in [1.82, 2.24) is 4.98 Å². The maximum absolute atomic E-state index is 13.3. The lowest BCUT2D eigenvalue weighted by Crippen LogP contribution is -2.18. The van der Waals surface area contributed by atoms with Crippen LogP contribution in [0.15, 0.2) is 54.7 Å². The number of halogens is 5. The number of hydrogen-bond donors (Lipinski definition) is 2. The van der Waals surface area contributed by atoms with Crippen molar-refractivity contribution in [3.05, 3.63) is 71.9 Å². The van der Waals surface area contributed by atoms with Crippen LogP contribution in [0.4, 0.5) is 33.3 Å². The van der Waals surface area contributed by atoms with Crippen molar-refractivity contribution >= 4 is 17.3 Å². The smallest absolute Gasteiger partial charge is 0.404 e. The quantitative estimate of drug-likeness (QED) is 0.481. The summed E-state index contributed by atoms with van der Waals surface area (Å²) in [6.45, 7) is 0. The molecular formula is C19H12F5N3O2. The average Bonchev–Trinajstić information content (AvgIpc) is 2.62. The lowest BCUT2D eigenvalue weighted by Gasteiger charge is -2.12. The molecule has 0 fully saturated rings. The van der Waals surface area contributed by atoms with E-state index in [1.54, 1.807) is 0 Å². The van der Waals surface area contributed by atoms with E-state index in [1.165, 1.54) is 18.3 Å². The third-order valence-electron chi connectivity index (χ3n) is 3.68. The number of carbonyl (C=O) groups excluding carboxylic acids is 1. The summed E-state index contributed by atoms with van der Waals surface area (Å²) in [7, 11) is 0. The normalized spacial score (nSPS) is 11.2. The molecule has 1 heterocycles. The van der Waals surface area contributed by atoms with Crippen molar-refractivity contribution in [1.29, 1.82) is 0 Å². The van der Waals surface area contributed by atoms with E-state index in [4.69, 9.17) is 5.73 Å². The minimum absolute atomic E-state index is 0.00620. The van der Waals surface area contributed by atoms with Crippen molar-refractivity contribution < 1.29 is 31.5 Å². The fourth-order valence-electron chi connectivity index (χ4n) is 2.45. The Hall–Kier alpha value is -3.69. The molecule has 0 aliphatic carbocycles. The van der Waals surface area contributed by atoms with Crippen LogP contribution < -0.4 is 15.8 Å². The van der Waals surface area contributed by atoms with Gasteiger partial charge in [-0.2, -0.15) is 0 Å². The van der Waals surface area contributed by atoms with Crippen LogP contribution in [-0.2, 0) is 0 Å². The van der Waals surface area contributed by atoms with Gasteiger partial charge < -0.3 is 15.8 Å². The molecule has 0 spiro atoms. The standard InChI is InChI=1S/C19H12F5N3O2/c20-12-5-11(6-13(21)8-12)16-3-2-14(9-26-16)27-18(28)10-1-4-17(15(25)7-10)29-19(22,23)24/h1-9H,25H2,(H,27,28). The van der Waals surface area contributed by atoms with E-state index in [2.05, 4.69) is 15.0 Å². The summed E-state index contributed by atoms with van der Waals surface area (Å²) >= 11 is 0. The number of hydrogen-bond acceptors (Lipinski definition) is 4. The first kappa shape index (κ1) is 20.1. The Morgan fingerprint density at radius 3 is 2.24 bits per heavy atom. The van der Waals surface area contributed by atoms with Crippen LogP contribution in [0, 0.1) is 11.6 Å². The van der Waals surface area contributed by atoms with Gasteiger partial charge >= 0.3 is 6.36 Å². The Morgan fingerprint density at radius 2 is 1.69 bits per heavy atom. The maximum atomic E-state index is 13.3. The number of pyridine rings is 1. The number of alkyl halides is 3. The monoisotopic (exact) mass is 409 g/mol. The summed E-state index contributed by atoms with van der Waals surface area (Å²) in [6.07, 6.45) is -3.64. The van der Waals surface area contributed by atoms with Crippen molar-refractivity contribution in [3.63, 3.8) is 0 Å². The Bertz CT molecular complexity index is 1030. The zero-order valence-corrected chi connectivity index (χ0v) is 14.4. The lowest BCUT2D eigenvalue weighted by atomic mass is 10.1. The molecule has 3 N–H and O–H groups in total. The molecule has 0 saturated heterocycles. The lowest BCUT2D eigenvalue weighted by molar-refractivity contribution is -0.274. The molecule has 0 aliphatic rings. The highest BCUT2D eigenvalue weighted by atomic mass is 19.4. The molecule has 2 aromatic carbocycles. The number of anilines is 2. The Labute approximate surface area is 160 Å².